The van der Waals surface area contributed by atoms with Gasteiger partial charge in [-0.3, -0.25) is 76.7 Å². The first-order chi connectivity index (χ1) is 64.2. The molecule has 5 aromatic carbocycles. The Hall–Kier alpha value is -13.4. The molecule has 2 aliphatic heterocycles. The SMILES string of the molecule is CCCC[C@@H](C(=O)N1CCOC[C@@H]1C(=O)N[C@H](C=O)CC(=O)O)N(C)C(=O)[C@H](Cc1ccccc1)N(C)C(=O)[C@H](Cc1cc(F)c(F)c(F)c1)NC(=O)CSC[C@H](NC(=O)[C@H](CCCN)NC(=O)[C@H](Cc1ccc(O)cc1)NC(=O)[C@H](Cc1c[nH]c2ccccc12)NC(=O)[C@H]1C[C@H](O)CN1C(=O)[C@H](CCC(=O)O)NC(=O)C(Cc1ccccc1)N(C)C(=O)[C@@H](N)C(C)C)C(=O)NCC(N)=O. The maximum absolute atomic E-state index is 15.4. The lowest BCUT2D eigenvalue weighted by molar-refractivity contribution is -0.157. The number of aromatic amines is 1. The number of hydrogen-bond acceptors (Lipinski definition) is 23. The number of aliphatic hydroxyl groups is 1. The molecule has 1 aromatic heterocycles. The number of ether oxygens (including phenoxy) is 1. The summed E-state index contributed by atoms with van der Waals surface area (Å²) in [4.78, 5) is 248. The molecule has 19 N–H and O–H groups in total. The lowest BCUT2D eigenvalue weighted by Gasteiger charge is -2.40. The van der Waals surface area contributed by atoms with Crippen molar-refractivity contribution in [2.24, 2.45) is 23.1 Å². The topological polar surface area (TPSA) is 587 Å². The number of carbonyl (C=O) groups excluding carboxylic acids is 15. The molecule has 0 aliphatic carbocycles. The van der Waals surface area contributed by atoms with Crippen molar-refractivity contribution in [2.45, 2.75) is 195 Å². The van der Waals surface area contributed by atoms with Crippen LogP contribution in [0.5, 0.6) is 5.75 Å². The highest BCUT2D eigenvalue weighted by Crippen LogP contribution is 2.28. The van der Waals surface area contributed by atoms with E-state index in [0.29, 0.717) is 69.9 Å². The molecule has 6 aromatic rings. The third-order valence-electron chi connectivity index (χ3n) is 23.2. The van der Waals surface area contributed by atoms with Crippen molar-refractivity contribution in [1.29, 1.82) is 0 Å². The summed E-state index contributed by atoms with van der Waals surface area (Å²) in [6.45, 7) is 3.12. The fourth-order valence-corrected chi connectivity index (χ4v) is 16.5. The van der Waals surface area contributed by atoms with Gasteiger partial charge in [0.15, 0.2) is 17.5 Å². The number of para-hydroxylation sites is 1. The minimum Gasteiger partial charge on any atom is -0.508 e. The molecule has 1 unspecified atom stereocenters. The number of halogens is 3. The van der Waals surface area contributed by atoms with Gasteiger partial charge in [0.05, 0.1) is 50.1 Å². The molecular formula is C92H118F3N17O22S. The van der Waals surface area contributed by atoms with E-state index in [4.69, 9.17) is 21.9 Å². The number of fused-ring (bicyclic) bond motifs is 1. The second-order valence-corrected chi connectivity index (χ2v) is 34.6. The number of aliphatic carboxylic acids is 2. The molecule has 730 valence electrons. The predicted octanol–water partition coefficient (Wildman–Crippen LogP) is -0.347. The molecule has 14 amide bonds. The van der Waals surface area contributed by atoms with Crippen LogP contribution in [0.3, 0.4) is 0 Å². The normalized spacial score (nSPS) is 16.6. The molecule has 0 radical (unpaired) electrons. The number of benzene rings is 5. The maximum Gasteiger partial charge on any atom is 0.305 e. The summed E-state index contributed by atoms with van der Waals surface area (Å²) in [5.74, 6) is -23.5. The van der Waals surface area contributed by atoms with E-state index in [1.54, 1.807) is 112 Å². The van der Waals surface area contributed by atoms with Gasteiger partial charge in [-0.05, 0) is 96.3 Å². The summed E-state index contributed by atoms with van der Waals surface area (Å²) in [6, 6.07) is 9.85. The number of amides is 14. The number of nitrogens with one attached hydrogen (secondary N) is 9. The zero-order valence-corrected chi connectivity index (χ0v) is 76.4. The van der Waals surface area contributed by atoms with E-state index in [2.05, 4.69) is 47.5 Å². The number of nitrogens with zero attached hydrogens (tertiary/aromatic N) is 5. The van der Waals surface area contributed by atoms with Gasteiger partial charge in [0.1, 0.15) is 78.5 Å². The number of likely N-dealkylation sites (tertiary alicyclic amines) is 1. The third-order valence-corrected chi connectivity index (χ3v) is 24.2. The van der Waals surface area contributed by atoms with Crippen molar-refractivity contribution >= 4 is 124 Å². The van der Waals surface area contributed by atoms with Gasteiger partial charge in [-0.2, -0.15) is 0 Å². The number of thioether (sulfide) groups is 1. The van der Waals surface area contributed by atoms with Gasteiger partial charge in [-0.1, -0.05) is 125 Å². The number of carbonyl (C=O) groups is 17. The van der Waals surface area contributed by atoms with E-state index in [1.807, 2.05) is 0 Å². The number of hydrogen-bond donors (Lipinski definition) is 16. The Labute approximate surface area is 780 Å². The van der Waals surface area contributed by atoms with Crippen LogP contribution in [0.25, 0.3) is 10.9 Å². The van der Waals surface area contributed by atoms with Crippen molar-refractivity contribution in [2.75, 3.05) is 72.0 Å². The van der Waals surface area contributed by atoms with Crippen LogP contribution in [-0.4, -0.2) is 308 Å². The van der Waals surface area contributed by atoms with Crippen LogP contribution in [0, 0.1) is 23.4 Å². The first-order valence-electron chi connectivity index (χ1n) is 44.0. The Morgan fingerprint density at radius 3 is 1.76 bits per heavy atom. The number of phenolic OH excluding ortho intramolecular Hbond substituents is 1. The molecule has 0 saturated carbocycles. The van der Waals surface area contributed by atoms with Crippen LogP contribution < -0.4 is 59.7 Å². The highest BCUT2D eigenvalue weighted by molar-refractivity contribution is 8.00. The molecule has 0 spiro atoms. The molecule has 8 rings (SSSR count). The monoisotopic (exact) mass is 1900 g/mol. The van der Waals surface area contributed by atoms with Crippen LogP contribution in [0.4, 0.5) is 13.2 Å². The number of aliphatic hydroxyl groups excluding tert-OH is 1. The van der Waals surface area contributed by atoms with Crippen molar-refractivity contribution < 1.29 is 120 Å². The summed E-state index contributed by atoms with van der Waals surface area (Å²) in [6.07, 6.45) is -3.50. The molecule has 135 heavy (non-hydrogen) atoms. The molecule has 39 nitrogen and oxygen atoms in total. The number of carboxylic acids is 2. The number of carboxylic acid groups (broad SMARTS) is 2. The number of nitrogens with two attached hydrogens (primary N) is 3. The number of phenols is 1. The van der Waals surface area contributed by atoms with Crippen molar-refractivity contribution in [3.8, 4) is 5.75 Å². The van der Waals surface area contributed by atoms with E-state index < -0.39 is 260 Å². The Morgan fingerprint density at radius 1 is 0.585 bits per heavy atom. The Balaban J connectivity index is 1.05. The standard InChI is InChI=1S/C92H118F3N17O22S/c1-7-8-25-70(91(132)111-33-34-134-48-74(111)87(128)101-57(47-113)42-78(120)121)108(4)90(131)73(40-53-20-13-10-14-21-53)110(6)88(129)68(38-55-35-61(93)79(95)62(94)36-55)102-76(117)50-135-49-69(81(122)100-45-75(97)116)107-82(123)64(24-17-32-96)103-83(124)66(37-54-26-28-58(114)29-27-54)105-84(125)67(41-56-44-99-63-23-16-15-22-60(56)63)106-86(127)72-43-59(115)46-112(72)89(130)65(30-31-77(118)119)104-85(126)71(39-52-18-11-9-12-19-52)109(5)92(133)80(98)51(2)3/h9-16,18-23,26-29,35-36,44,47,51,57,59,64-74,80,99,114-115H,7-8,17,24-25,30-34,37-43,45-46,48-50,96,98H2,1-6H3,(H2,97,116)(H,100,122)(H,101,128)(H,102,117)(H,103,124)(H,104,126)(H,105,125)(H,106,127)(H,107,123)(H,118,119)(H,120,121)/t57-,59-,64-,65-,66-,67-,68-,69-,70-,71?,72+,73-,74+,80-/m0/s1. The zero-order valence-electron chi connectivity index (χ0n) is 75.6. The van der Waals surface area contributed by atoms with Gasteiger partial charge in [0.2, 0.25) is 82.7 Å². The van der Waals surface area contributed by atoms with Gasteiger partial charge in [0, 0.05) is 102 Å². The number of H-pyrrole nitrogens is 1. The number of primary amides is 1. The number of unbranched alkanes of at least 4 members (excludes halogenated alkanes) is 1. The Morgan fingerprint density at radius 2 is 1.15 bits per heavy atom. The smallest absolute Gasteiger partial charge is 0.305 e. The summed E-state index contributed by atoms with van der Waals surface area (Å²) in [7, 11) is 3.82. The van der Waals surface area contributed by atoms with Crippen LogP contribution in [0.15, 0.2) is 128 Å². The van der Waals surface area contributed by atoms with Crippen LogP contribution in [0.2, 0.25) is 0 Å². The molecule has 14 atom stereocenters. The minimum absolute atomic E-state index is 0.00652. The van der Waals surface area contributed by atoms with Gasteiger partial charge in [-0.25, -0.2) is 13.2 Å². The number of aromatic hydroxyl groups is 1. The molecule has 43 heteroatoms. The third kappa shape index (κ3) is 31.1. The number of rotatable bonds is 51. The number of aromatic nitrogens is 1. The quantitative estimate of drug-likeness (QED) is 0.0171. The van der Waals surface area contributed by atoms with E-state index in [0.717, 1.165) is 24.5 Å². The van der Waals surface area contributed by atoms with Gasteiger partial charge in [0.25, 0.3) is 0 Å². The highest BCUT2D eigenvalue weighted by Gasteiger charge is 2.47. The summed E-state index contributed by atoms with van der Waals surface area (Å²) in [5.41, 5.74) is 19.7. The van der Waals surface area contributed by atoms with Crippen LogP contribution >= 0.6 is 11.8 Å². The number of likely N-dealkylation sites (N-methyl/N-ethyl adjacent to an activating group) is 3. The van der Waals surface area contributed by atoms with Crippen molar-refractivity contribution in [3.63, 3.8) is 0 Å². The van der Waals surface area contributed by atoms with Gasteiger partial charge >= 0.3 is 11.9 Å². The Kier molecular flexibility index (Phi) is 41.0. The second kappa shape index (κ2) is 51.7. The van der Waals surface area contributed by atoms with E-state index in [1.165, 1.54) is 45.4 Å². The second-order valence-electron chi connectivity index (χ2n) is 33.6. The summed E-state index contributed by atoms with van der Waals surface area (Å²) >= 11 is 0.631. The average molecular weight is 1900 g/mol. The summed E-state index contributed by atoms with van der Waals surface area (Å²) < 4.78 is 50.4. The van der Waals surface area contributed by atoms with E-state index >= 15 is 37.5 Å². The predicted molar refractivity (Wildman–Crippen MR) is 485 cm³/mol. The maximum atomic E-state index is 15.4. The molecular weight excluding hydrogens is 1780 g/mol. The zero-order chi connectivity index (χ0) is 99.0. The van der Waals surface area contributed by atoms with Crippen molar-refractivity contribution in [1.82, 2.24) is 72.0 Å². The van der Waals surface area contributed by atoms with Crippen LogP contribution in [-0.2, 0) is 118 Å². The van der Waals surface area contributed by atoms with E-state index in [9.17, 15) is 77.6 Å². The molecule has 2 saturated heterocycles. The van der Waals surface area contributed by atoms with E-state index in [-0.39, 0.29) is 88.3 Å². The molecule has 0 bridgehead atoms. The number of morpholine rings is 1. The van der Waals surface area contributed by atoms with Gasteiger partial charge < -0.3 is 119 Å². The fourth-order valence-electron chi connectivity index (χ4n) is 15.6. The molecule has 2 aliphatic rings. The lowest BCUT2D eigenvalue weighted by Crippen LogP contribution is -2.63. The Bertz CT molecular complexity index is 5160. The average Bonchev–Trinajstić information content (AvgIpc) is 1.72. The lowest BCUT2D eigenvalue weighted by atomic mass is 9.99. The first kappa shape index (κ1) is 107. The fraction of sp³-hybridized carbons (Fsp3) is 0.467. The summed E-state index contributed by atoms with van der Waals surface area (Å²) in [5, 5.41) is 61.9. The molecule has 3 heterocycles. The highest BCUT2D eigenvalue weighted by atomic mass is 32.2. The number of aldehydes is 1. The molecule has 2 fully saturated rings. The van der Waals surface area contributed by atoms with Crippen LogP contribution in [0.1, 0.15) is 106 Å². The first-order valence-corrected chi connectivity index (χ1v) is 45.2. The number of β-amino-alcohol motifs (C(OH)–C–C–N with tert-alkyl or cyclic N) is 1. The minimum atomic E-state index is -1.88. The van der Waals surface area contributed by atoms with Gasteiger partial charge in [-0.15, -0.1) is 11.8 Å². The van der Waals surface area contributed by atoms with Crippen molar-refractivity contribution in [3.05, 3.63) is 173 Å². The largest absolute Gasteiger partial charge is 0.508 e.